The number of fused-ring (bicyclic) bond motifs is 2. The fourth-order valence-electron chi connectivity index (χ4n) is 6.72. The summed E-state index contributed by atoms with van der Waals surface area (Å²) in [7, 11) is 8.92. The molecule has 0 radical (unpaired) electrons. The maximum atomic E-state index is 15.0. The maximum Gasteiger partial charge on any atom is 0.182 e. The van der Waals surface area contributed by atoms with Gasteiger partial charge < -0.3 is 48.1 Å². The SMILES string of the molecule is COc1ccc([C@H]2Oc3cc(CO)cc(OC)c3C(=O)[C@@H]2c2c(CO)cc(OC)c3c2O[C@H](c2ccc(OC)c(OC)c2)C(=O)C3)cc1OC. The number of Topliss-reactive ketones (excluding diaryl/α,β-unsaturated/α-hetero) is 2. The lowest BCUT2D eigenvalue weighted by Gasteiger charge is -2.37. The molecule has 2 aliphatic heterocycles. The summed E-state index contributed by atoms with van der Waals surface area (Å²) in [6, 6.07) is 15.0. The van der Waals surface area contributed by atoms with Gasteiger partial charge in [-0.25, -0.2) is 0 Å². The molecule has 3 atom stereocenters. The molecule has 12 nitrogen and oxygen atoms in total. The molecule has 0 aliphatic carbocycles. The highest BCUT2D eigenvalue weighted by molar-refractivity contribution is 6.08. The van der Waals surface area contributed by atoms with E-state index in [1.54, 1.807) is 54.6 Å². The van der Waals surface area contributed by atoms with Crippen molar-refractivity contribution in [1.29, 1.82) is 0 Å². The Labute approximate surface area is 289 Å². The van der Waals surface area contributed by atoms with Crippen LogP contribution in [0.2, 0.25) is 0 Å². The smallest absolute Gasteiger partial charge is 0.182 e. The van der Waals surface area contributed by atoms with E-state index in [1.165, 1.54) is 42.7 Å². The molecule has 12 heteroatoms. The van der Waals surface area contributed by atoms with Crippen LogP contribution in [0.3, 0.4) is 0 Å². The van der Waals surface area contributed by atoms with Crippen molar-refractivity contribution in [2.24, 2.45) is 0 Å². The van der Waals surface area contributed by atoms with Crippen LogP contribution in [-0.4, -0.2) is 64.4 Å². The molecule has 50 heavy (non-hydrogen) atoms. The number of aliphatic hydroxyl groups excluding tert-OH is 2. The van der Waals surface area contributed by atoms with E-state index in [0.29, 0.717) is 62.1 Å². The van der Waals surface area contributed by atoms with Crippen LogP contribution in [-0.2, 0) is 24.4 Å². The Morgan fingerprint density at radius 2 is 1.26 bits per heavy atom. The Morgan fingerprint density at radius 3 is 1.84 bits per heavy atom. The average molecular weight is 687 g/mol. The molecule has 6 rings (SSSR count). The zero-order valence-corrected chi connectivity index (χ0v) is 28.5. The average Bonchev–Trinajstić information content (AvgIpc) is 3.15. The van der Waals surface area contributed by atoms with Crippen molar-refractivity contribution in [2.75, 3.05) is 42.7 Å². The molecule has 0 aromatic heterocycles. The molecule has 262 valence electrons. The van der Waals surface area contributed by atoms with E-state index in [2.05, 4.69) is 0 Å². The van der Waals surface area contributed by atoms with Crippen molar-refractivity contribution in [1.82, 2.24) is 0 Å². The number of methoxy groups -OCH3 is 6. The van der Waals surface area contributed by atoms with Crippen molar-refractivity contribution < 1.29 is 57.7 Å². The van der Waals surface area contributed by atoms with Crippen molar-refractivity contribution in [2.45, 2.75) is 37.8 Å². The summed E-state index contributed by atoms with van der Waals surface area (Å²) in [5.41, 5.74) is 2.78. The number of ketones is 2. The first-order valence-corrected chi connectivity index (χ1v) is 15.7. The molecule has 0 spiro atoms. The first-order chi connectivity index (χ1) is 24.2. The quantitative estimate of drug-likeness (QED) is 0.217. The highest BCUT2D eigenvalue weighted by Crippen LogP contribution is 2.54. The minimum atomic E-state index is -1.13. The first kappa shape index (κ1) is 34.4. The van der Waals surface area contributed by atoms with E-state index in [-0.39, 0.29) is 41.6 Å². The minimum Gasteiger partial charge on any atom is -0.496 e. The van der Waals surface area contributed by atoms with Crippen LogP contribution < -0.4 is 37.9 Å². The Bertz CT molecular complexity index is 1950. The number of carbonyl (C=O) groups is 2. The van der Waals surface area contributed by atoms with Crippen molar-refractivity contribution in [3.05, 3.63) is 93.5 Å². The lowest BCUT2D eigenvalue weighted by Crippen LogP contribution is -2.34. The molecule has 0 amide bonds. The molecule has 4 aromatic rings. The summed E-state index contributed by atoms with van der Waals surface area (Å²) in [6.07, 6.45) is -2.18. The van der Waals surface area contributed by atoms with Gasteiger partial charge in [-0.05, 0) is 59.2 Å². The molecular formula is C38H38O12. The Balaban J connectivity index is 1.61. The van der Waals surface area contributed by atoms with Gasteiger partial charge in [0.25, 0.3) is 0 Å². The number of hydrogen-bond acceptors (Lipinski definition) is 12. The number of benzene rings is 4. The second-order valence-electron chi connectivity index (χ2n) is 11.7. The fourth-order valence-corrected chi connectivity index (χ4v) is 6.72. The fraction of sp³-hybridized carbons (Fsp3) is 0.316. The van der Waals surface area contributed by atoms with Gasteiger partial charge in [0.2, 0.25) is 0 Å². The van der Waals surface area contributed by atoms with Crippen LogP contribution in [0, 0.1) is 0 Å². The lowest BCUT2D eigenvalue weighted by molar-refractivity contribution is -0.126. The largest absolute Gasteiger partial charge is 0.496 e. The van der Waals surface area contributed by atoms with Crippen LogP contribution in [0.1, 0.15) is 61.9 Å². The van der Waals surface area contributed by atoms with Gasteiger partial charge in [0.15, 0.2) is 40.7 Å². The minimum absolute atomic E-state index is 0.0845. The first-order valence-electron chi connectivity index (χ1n) is 15.7. The van der Waals surface area contributed by atoms with Crippen molar-refractivity contribution in [3.63, 3.8) is 0 Å². The van der Waals surface area contributed by atoms with Crippen LogP contribution >= 0.6 is 0 Å². The van der Waals surface area contributed by atoms with Crippen LogP contribution in [0.25, 0.3) is 0 Å². The van der Waals surface area contributed by atoms with Crippen molar-refractivity contribution in [3.8, 4) is 46.0 Å². The van der Waals surface area contributed by atoms with Gasteiger partial charge in [-0.15, -0.1) is 0 Å². The molecule has 0 unspecified atom stereocenters. The maximum absolute atomic E-state index is 15.0. The topological polar surface area (TPSA) is 148 Å². The standard InChI is InChI=1S/C38H38O12/c1-43-25-9-7-20(13-28(25)46-4)36-24(41)16-23-27(45-3)15-22(18-40)32(38(23)50-36)34-35(42)33-30(48-6)11-19(17-39)12-31(33)49-37(34)21-8-10-26(44-2)29(14-21)47-5/h7-15,34,36-37,39-40H,16-18H2,1-6H3/t34-,36+,37+/m0/s1. The number of hydrogen-bond donors (Lipinski definition) is 2. The summed E-state index contributed by atoms with van der Waals surface area (Å²) in [6.45, 7) is -0.807. The molecule has 0 fully saturated rings. The van der Waals surface area contributed by atoms with Gasteiger partial charge in [-0.1, -0.05) is 12.1 Å². The van der Waals surface area contributed by atoms with E-state index in [4.69, 9.17) is 37.9 Å². The summed E-state index contributed by atoms with van der Waals surface area (Å²) in [5, 5.41) is 20.8. The van der Waals surface area contributed by atoms with Gasteiger partial charge >= 0.3 is 0 Å². The van der Waals surface area contributed by atoms with Crippen LogP contribution in [0.5, 0.6) is 46.0 Å². The van der Waals surface area contributed by atoms with Gasteiger partial charge in [-0.2, -0.15) is 0 Å². The van der Waals surface area contributed by atoms with E-state index in [1.807, 2.05) is 0 Å². The molecular weight excluding hydrogens is 648 g/mol. The molecule has 2 N–H and O–H groups in total. The Kier molecular flexibility index (Phi) is 9.76. The van der Waals surface area contributed by atoms with E-state index < -0.39 is 30.5 Å². The van der Waals surface area contributed by atoms with E-state index in [0.717, 1.165) is 0 Å². The zero-order chi connectivity index (χ0) is 35.7. The van der Waals surface area contributed by atoms with Crippen molar-refractivity contribution >= 4 is 11.6 Å². The summed E-state index contributed by atoms with van der Waals surface area (Å²) in [5.74, 6) is 0.943. The second-order valence-corrected chi connectivity index (χ2v) is 11.7. The van der Waals surface area contributed by atoms with Gasteiger partial charge in [0.05, 0.1) is 61.8 Å². The second kappa shape index (κ2) is 14.2. The highest BCUT2D eigenvalue weighted by Gasteiger charge is 2.46. The third kappa shape index (κ3) is 5.80. The number of rotatable bonds is 11. The normalized spacial score (nSPS) is 17.9. The summed E-state index contributed by atoms with van der Waals surface area (Å²) in [4.78, 5) is 28.7. The third-order valence-electron chi connectivity index (χ3n) is 9.11. The number of carbonyl (C=O) groups excluding carboxylic acids is 2. The zero-order valence-electron chi connectivity index (χ0n) is 28.5. The number of ether oxygens (including phenoxy) is 8. The van der Waals surface area contributed by atoms with Crippen LogP contribution in [0.4, 0.5) is 0 Å². The lowest BCUT2D eigenvalue weighted by atomic mass is 9.76. The molecule has 2 aliphatic rings. The van der Waals surface area contributed by atoms with E-state index >= 15 is 0 Å². The highest BCUT2D eigenvalue weighted by atomic mass is 16.5. The third-order valence-corrected chi connectivity index (χ3v) is 9.11. The predicted octanol–water partition coefficient (Wildman–Crippen LogP) is 5.07. The monoisotopic (exact) mass is 686 g/mol. The molecule has 0 bridgehead atoms. The Hall–Kier alpha value is -5.46. The van der Waals surface area contributed by atoms with E-state index in [9.17, 15) is 19.8 Å². The molecule has 0 saturated carbocycles. The van der Waals surface area contributed by atoms with Gasteiger partial charge in [-0.3, -0.25) is 9.59 Å². The number of aliphatic hydroxyl groups is 2. The molecule has 4 aromatic carbocycles. The molecule has 0 saturated heterocycles. The van der Waals surface area contributed by atoms with Crippen LogP contribution in [0.15, 0.2) is 54.6 Å². The molecule has 2 heterocycles. The van der Waals surface area contributed by atoms with Gasteiger partial charge in [0.1, 0.15) is 34.7 Å². The summed E-state index contributed by atoms with van der Waals surface area (Å²) < 4.78 is 46.6. The predicted molar refractivity (Wildman–Crippen MR) is 179 cm³/mol. The van der Waals surface area contributed by atoms with Gasteiger partial charge in [0, 0.05) is 23.1 Å². The Morgan fingerprint density at radius 1 is 0.660 bits per heavy atom. The summed E-state index contributed by atoms with van der Waals surface area (Å²) >= 11 is 0.